The van der Waals surface area contributed by atoms with Crippen molar-refractivity contribution in [2.45, 2.75) is 13.5 Å². The van der Waals surface area contributed by atoms with Crippen LogP contribution in [0.15, 0.2) is 62.9 Å². The van der Waals surface area contributed by atoms with Gasteiger partial charge in [0.2, 0.25) is 0 Å². The van der Waals surface area contributed by atoms with Crippen molar-refractivity contribution in [2.24, 2.45) is 5.10 Å². The normalized spacial score (nSPS) is 10.9. The van der Waals surface area contributed by atoms with Crippen molar-refractivity contribution in [2.75, 3.05) is 6.61 Å². The summed E-state index contributed by atoms with van der Waals surface area (Å²) in [5.41, 5.74) is 3.97. The molecule has 1 N–H and O–H groups in total. The van der Waals surface area contributed by atoms with Gasteiger partial charge in [0.1, 0.15) is 5.15 Å². The molecule has 3 rings (SSSR count). The highest BCUT2D eigenvalue weighted by molar-refractivity contribution is 9.10. The minimum atomic E-state index is -0.468. The second-order valence-electron chi connectivity index (χ2n) is 6.23. The van der Waals surface area contributed by atoms with E-state index < -0.39 is 11.9 Å². The van der Waals surface area contributed by atoms with E-state index in [1.807, 2.05) is 24.3 Å². The molecule has 0 atom stereocenters. The maximum absolute atomic E-state index is 12.3. The molecule has 2 aromatic carbocycles. The van der Waals surface area contributed by atoms with Gasteiger partial charge < -0.3 is 4.74 Å². The number of hydrazone groups is 1. The quantitative estimate of drug-likeness (QED) is 0.284. The predicted octanol–water partition coefficient (Wildman–Crippen LogP) is 4.31. The molecule has 0 spiro atoms. The first-order valence-electron chi connectivity index (χ1n) is 9.13. The van der Waals surface area contributed by atoms with Crippen molar-refractivity contribution in [3.63, 3.8) is 0 Å². The first-order valence-corrected chi connectivity index (χ1v) is 11.1. The van der Waals surface area contributed by atoms with E-state index in [4.69, 9.17) is 16.3 Å². The molecule has 0 bridgehead atoms. The minimum Gasteiger partial charge on any atom is -0.462 e. The average molecular weight is 523 g/mol. The molecule has 10 heteroatoms. The Balaban J connectivity index is 1.65. The molecule has 0 aliphatic heterocycles. The van der Waals surface area contributed by atoms with Gasteiger partial charge >= 0.3 is 10.8 Å². The van der Waals surface area contributed by atoms with Gasteiger partial charge in [-0.25, -0.2) is 10.2 Å². The molecule has 1 heterocycles. The van der Waals surface area contributed by atoms with Gasteiger partial charge in [0, 0.05) is 10.0 Å². The van der Waals surface area contributed by atoms with Gasteiger partial charge in [0.05, 0.1) is 29.8 Å². The summed E-state index contributed by atoms with van der Waals surface area (Å²) in [7, 11) is 0. The van der Waals surface area contributed by atoms with Gasteiger partial charge in [0.25, 0.3) is 5.91 Å². The van der Waals surface area contributed by atoms with E-state index in [1.165, 1.54) is 35.0 Å². The van der Waals surface area contributed by atoms with E-state index in [1.54, 1.807) is 6.92 Å². The Kier molecular flexibility index (Phi) is 7.78. The second-order valence-corrected chi connectivity index (χ2v) is 8.50. The Bertz CT molecular complexity index is 1170. The van der Waals surface area contributed by atoms with Gasteiger partial charge in [-0.3, -0.25) is 14.2 Å². The molecule has 0 aliphatic carbocycles. The summed E-state index contributed by atoms with van der Waals surface area (Å²) in [6.45, 7) is 2.32. The summed E-state index contributed by atoms with van der Waals surface area (Å²) in [5.74, 6) is -0.922. The lowest BCUT2D eigenvalue weighted by Gasteiger charge is -2.04. The van der Waals surface area contributed by atoms with Crippen LogP contribution in [0.4, 0.5) is 0 Å². The highest BCUT2D eigenvalue weighted by Crippen LogP contribution is 2.19. The molecule has 3 aromatic rings. The third-order valence-corrected chi connectivity index (χ3v) is 6.08. The predicted molar refractivity (Wildman–Crippen MR) is 124 cm³/mol. The molecule has 7 nitrogen and oxygen atoms in total. The fraction of sp³-hybridized carbons (Fsp3) is 0.143. The lowest BCUT2D eigenvalue weighted by Crippen LogP contribution is -2.17. The van der Waals surface area contributed by atoms with E-state index >= 15 is 0 Å². The number of amides is 1. The lowest BCUT2D eigenvalue weighted by molar-refractivity contribution is 0.0526. The third kappa shape index (κ3) is 5.90. The number of nitrogens with zero attached hydrogens (tertiary/aromatic N) is 2. The maximum atomic E-state index is 12.3. The van der Waals surface area contributed by atoms with Gasteiger partial charge in [-0.2, -0.15) is 5.10 Å². The zero-order chi connectivity index (χ0) is 22.4. The summed E-state index contributed by atoms with van der Waals surface area (Å²) in [4.78, 5) is 36.4. The number of thiazole rings is 1. The van der Waals surface area contributed by atoms with Crippen molar-refractivity contribution < 1.29 is 14.3 Å². The SMILES string of the molecule is CCOC(=O)c1ccc(C(=O)N/N=C\c2sc(=O)n(Cc3ccc(Br)cc3)c2Cl)cc1. The molecule has 1 amide bonds. The Morgan fingerprint density at radius 3 is 2.45 bits per heavy atom. The smallest absolute Gasteiger partial charge is 0.338 e. The summed E-state index contributed by atoms with van der Waals surface area (Å²) in [6.07, 6.45) is 1.33. The number of esters is 1. The van der Waals surface area contributed by atoms with Crippen LogP contribution in [0.5, 0.6) is 0 Å². The van der Waals surface area contributed by atoms with Crippen molar-refractivity contribution >= 4 is 57.0 Å². The summed E-state index contributed by atoms with van der Waals surface area (Å²) >= 11 is 10.6. The van der Waals surface area contributed by atoms with Crippen LogP contribution in [0.25, 0.3) is 0 Å². The lowest BCUT2D eigenvalue weighted by atomic mass is 10.1. The molecular weight excluding hydrogens is 506 g/mol. The number of hydrogen-bond acceptors (Lipinski definition) is 6. The summed E-state index contributed by atoms with van der Waals surface area (Å²) in [5, 5.41) is 4.14. The zero-order valence-corrected chi connectivity index (χ0v) is 19.5. The molecule has 0 radical (unpaired) electrons. The Morgan fingerprint density at radius 1 is 1.16 bits per heavy atom. The Labute approximate surface area is 195 Å². The van der Waals surface area contributed by atoms with E-state index in [0.29, 0.717) is 22.5 Å². The monoisotopic (exact) mass is 521 g/mol. The van der Waals surface area contributed by atoms with E-state index in [2.05, 4.69) is 26.5 Å². The standard InChI is InChI=1S/C21H17BrClN3O4S/c1-2-30-20(28)15-7-5-14(6-8-15)19(27)25-24-11-17-18(23)26(21(29)31-17)12-13-3-9-16(22)10-4-13/h3-11H,2,12H2,1H3,(H,25,27)/b24-11-. The van der Waals surface area contributed by atoms with E-state index in [-0.39, 0.29) is 16.6 Å². The van der Waals surface area contributed by atoms with Gasteiger partial charge in [-0.15, -0.1) is 0 Å². The van der Waals surface area contributed by atoms with Gasteiger partial charge in [0.15, 0.2) is 0 Å². The fourth-order valence-electron chi connectivity index (χ4n) is 2.58. The van der Waals surface area contributed by atoms with Crippen LogP contribution in [0.3, 0.4) is 0 Å². The molecule has 160 valence electrons. The largest absolute Gasteiger partial charge is 0.462 e. The molecule has 0 aliphatic rings. The second kappa shape index (κ2) is 10.5. The number of aromatic nitrogens is 1. The summed E-state index contributed by atoms with van der Waals surface area (Å²) in [6, 6.07) is 13.6. The van der Waals surface area contributed by atoms with Gasteiger partial charge in [-0.1, -0.05) is 51.0 Å². The fourth-order valence-corrected chi connectivity index (χ4v) is 3.95. The zero-order valence-electron chi connectivity index (χ0n) is 16.3. The summed E-state index contributed by atoms with van der Waals surface area (Å²) < 4.78 is 7.28. The number of ether oxygens (including phenoxy) is 1. The molecule has 0 saturated heterocycles. The van der Waals surface area contributed by atoms with Crippen LogP contribution >= 0.6 is 38.9 Å². The number of halogens is 2. The number of carbonyl (C=O) groups excluding carboxylic acids is 2. The Morgan fingerprint density at radius 2 is 1.81 bits per heavy atom. The molecule has 1 aromatic heterocycles. The van der Waals surface area contributed by atoms with E-state index in [9.17, 15) is 14.4 Å². The number of rotatable bonds is 7. The van der Waals surface area contributed by atoms with Crippen LogP contribution in [0.2, 0.25) is 5.15 Å². The topological polar surface area (TPSA) is 89.8 Å². The number of benzene rings is 2. The molecule has 0 fully saturated rings. The molecule has 0 saturated carbocycles. The average Bonchev–Trinajstić information content (AvgIpc) is 3.03. The maximum Gasteiger partial charge on any atom is 0.338 e. The number of nitrogens with one attached hydrogen (secondary N) is 1. The first kappa shape index (κ1) is 22.9. The van der Waals surface area contributed by atoms with Crippen molar-refractivity contribution in [1.29, 1.82) is 0 Å². The first-order chi connectivity index (χ1) is 14.9. The minimum absolute atomic E-state index is 0.227. The highest BCUT2D eigenvalue weighted by Gasteiger charge is 2.13. The molecular formula is C21H17BrClN3O4S. The van der Waals surface area contributed by atoms with Crippen molar-refractivity contribution in [3.05, 3.63) is 89.4 Å². The van der Waals surface area contributed by atoms with Crippen LogP contribution in [-0.2, 0) is 11.3 Å². The Hall–Kier alpha value is -2.75. The number of hydrogen-bond donors (Lipinski definition) is 1. The van der Waals surface area contributed by atoms with Crippen molar-refractivity contribution in [1.82, 2.24) is 9.99 Å². The van der Waals surface area contributed by atoms with Crippen LogP contribution < -0.4 is 10.3 Å². The van der Waals surface area contributed by atoms with Gasteiger partial charge in [-0.05, 0) is 48.9 Å². The van der Waals surface area contributed by atoms with E-state index in [0.717, 1.165) is 21.4 Å². The molecule has 0 unspecified atom stereocenters. The molecule has 31 heavy (non-hydrogen) atoms. The van der Waals surface area contributed by atoms with Crippen LogP contribution in [-0.4, -0.2) is 29.3 Å². The number of carbonyl (C=O) groups is 2. The highest BCUT2D eigenvalue weighted by atomic mass is 79.9. The van der Waals surface area contributed by atoms with Crippen molar-refractivity contribution in [3.8, 4) is 0 Å². The van der Waals surface area contributed by atoms with Crippen LogP contribution in [0, 0.1) is 0 Å². The third-order valence-electron chi connectivity index (χ3n) is 4.12. The van der Waals surface area contributed by atoms with Crippen LogP contribution in [0.1, 0.15) is 38.1 Å².